The summed E-state index contributed by atoms with van der Waals surface area (Å²) in [6.45, 7) is 2.41. The van der Waals surface area contributed by atoms with Crippen molar-refractivity contribution in [2.24, 2.45) is 5.90 Å². The molecule has 1 aromatic carbocycles. The summed E-state index contributed by atoms with van der Waals surface area (Å²) in [7, 11) is 4.76. The van der Waals surface area contributed by atoms with Gasteiger partial charge in [0.25, 0.3) is 0 Å². The Morgan fingerprint density at radius 3 is 2.18 bits per heavy atom. The van der Waals surface area contributed by atoms with Gasteiger partial charge in [0, 0.05) is 11.5 Å². The summed E-state index contributed by atoms with van der Waals surface area (Å²) in [6.07, 6.45) is 0. The zero-order chi connectivity index (χ0) is 12.8. The summed E-state index contributed by atoms with van der Waals surface area (Å²) in [5, 5.41) is 0. The minimum atomic E-state index is 0.106. The van der Waals surface area contributed by atoms with Crippen LogP contribution in [0, 0.1) is 0 Å². The molecule has 0 fully saturated rings. The molecule has 0 aliphatic carbocycles. The van der Waals surface area contributed by atoms with E-state index in [1.165, 1.54) is 0 Å². The normalized spacial score (nSPS) is 12.1. The summed E-state index contributed by atoms with van der Waals surface area (Å²) >= 11 is 0. The lowest BCUT2D eigenvalue weighted by Gasteiger charge is -2.19. The third-order valence-corrected chi connectivity index (χ3v) is 2.61. The Hall–Kier alpha value is -1.46. The van der Waals surface area contributed by atoms with E-state index < -0.39 is 0 Å². The van der Waals surface area contributed by atoms with Crippen molar-refractivity contribution in [1.29, 1.82) is 0 Å². The van der Waals surface area contributed by atoms with Crippen molar-refractivity contribution >= 4 is 0 Å². The molecule has 5 heteroatoms. The lowest BCUT2D eigenvalue weighted by atomic mass is 10.00. The fourth-order valence-corrected chi connectivity index (χ4v) is 1.75. The molecule has 96 valence electrons. The van der Waals surface area contributed by atoms with Gasteiger partial charge in [0.1, 0.15) is 0 Å². The number of methoxy groups -OCH3 is 3. The van der Waals surface area contributed by atoms with E-state index in [1.807, 2.05) is 19.1 Å². The van der Waals surface area contributed by atoms with Crippen molar-refractivity contribution in [1.82, 2.24) is 0 Å². The van der Waals surface area contributed by atoms with E-state index in [2.05, 4.69) is 4.84 Å². The standard InChI is InChI=1S/C12H19NO4/c1-8(7-17-13)9-5-6-10(14-2)12(16-4)11(9)15-3/h5-6,8H,7,13H2,1-4H3. The smallest absolute Gasteiger partial charge is 0.203 e. The van der Waals surface area contributed by atoms with E-state index in [9.17, 15) is 0 Å². The molecule has 0 aromatic heterocycles. The molecule has 1 atom stereocenters. The number of ether oxygens (including phenoxy) is 3. The average molecular weight is 241 g/mol. The van der Waals surface area contributed by atoms with Crippen LogP contribution in [0.15, 0.2) is 12.1 Å². The highest BCUT2D eigenvalue weighted by Crippen LogP contribution is 2.42. The van der Waals surface area contributed by atoms with E-state index in [4.69, 9.17) is 20.1 Å². The van der Waals surface area contributed by atoms with Crippen LogP contribution in [-0.2, 0) is 4.84 Å². The van der Waals surface area contributed by atoms with Crippen LogP contribution >= 0.6 is 0 Å². The van der Waals surface area contributed by atoms with Gasteiger partial charge in [0.2, 0.25) is 5.75 Å². The molecule has 17 heavy (non-hydrogen) atoms. The third kappa shape index (κ3) is 2.81. The Morgan fingerprint density at radius 1 is 1.06 bits per heavy atom. The Kier molecular flexibility index (Phi) is 5.06. The van der Waals surface area contributed by atoms with Crippen LogP contribution in [0.5, 0.6) is 17.2 Å². The van der Waals surface area contributed by atoms with Crippen molar-refractivity contribution in [3.63, 3.8) is 0 Å². The quantitative estimate of drug-likeness (QED) is 0.768. The van der Waals surface area contributed by atoms with Gasteiger partial charge in [-0.2, -0.15) is 0 Å². The van der Waals surface area contributed by atoms with Gasteiger partial charge in [-0.1, -0.05) is 13.0 Å². The first-order valence-corrected chi connectivity index (χ1v) is 5.30. The molecule has 5 nitrogen and oxygen atoms in total. The van der Waals surface area contributed by atoms with E-state index in [0.29, 0.717) is 23.9 Å². The van der Waals surface area contributed by atoms with E-state index >= 15 is 0 Å². The highest BCUT2D eigenvalue weighted by atomic mass is 16.6. The van der Waals surface area contributed by atoms with Gasteiger partial charge in [0.15, 0.2) is 11.5 Å². The van der Waals surface area contributed by atoms with Crippen molar-refractivity contribution in [2.75, 3.05) is 27.9 Å². The predicted octanol–water partition coefficient (Wildman–Crippen LogP) is 1.71. The number of nitrogens with two attached hydrogens (primary N) is 1. The second kappa shape index (κ2) is 6.32. The van der Waals surface area contributed by atoms with Crippen molar-refractivity contribution in [3.05, 3.63) is 17.7 Å². The van der Waals surface area contributed by atoms with Crippen molar-refractivity contribution in [3.8, 4) is 17.2 Å². The number of benzene rings is 1. The van der Waals surface area contributed by atoms with Crippen LogP contribution in [-0.4, -0.2) is 27.9 Å². The van der Waals surface area contributed by atoms with E-state index in [0.717, 1.165) is 5.56 Å². The zero-order valence-corrected chi connectivity index (χ0v) is 10.6. The highest BCUT2D eigenvalue weighted by Gasteiger charge is 2.19. The summed E-state index contributed by atoms with van der Waals surface area (Å²) < 4.78 is 15.9. The van der Waals surface area contributed by atoms with Crippen LogP contribution in [0.2, 0.25) is 0 Å². The molecule has 0 aliphatic heterocycles. The zero-order valence-electron chi connectivity index (χ0n) is 10.6. The highest BCUT2D eigenvalue weighted by molar-refractivity contribution is 5.56. The molecule has 1 unspecified atom stereocenters. The third-order valence-electron chi connectivity index (χ3n) is 2.61. The Balaban J connectivity index is 3.22. The summed E-state index contributed by atoms with van der Waals surface area (Å²) in [5.41, 5.74) is 0.968. The number of rotatable bonds is 6. The maximum atomic E-state index is 5.38. The van der Waals surface area contributed by atoms with Gasteiger partial charge in [-0.25, -0.2) is 5.90 Å². The maximum Gasteiger partial charge on any atom is 0.203 e. The fourth-order valence-electron chi connectivity index (χ4n) is 1.75. The lowest BCUT2D eigenvalue weighted by Crippen LogP contribution is -2.10. The fraction of sp³-hybridized carbons (Fsp3) is 0.500. The second-order valence-electron chi connectivity index (χ2n) is 3.66. The molecule has 0 radical (unpaired) electrons. The first kappa shape index (κ1) is 13.6. The molecular weight excluding hydrogens is 222 g/mol. The molecule has 0 saturated heterocycles. The topological polar surface area (TPSA) is 62.9 Å². The lowest BCUT2D eigenvalue weighted by molar-refractivity contribution is 0.126. The molecule has 1 rings (SSSR count). The first-order chi connectivity index (χ1) is 8.19. The molecule has 2 N–H and O–H groups in total. The molecule has 0 bridgehead atoms. The minimum absolute atomic E-state index is 0.106. The Labute approximate surface area is 101 Å². The number of hydrogen-bond donors (Lipinski definition) is 1. The molecule has 1 aromatic rings. The van der Waals surface area contributed by atoms with E-state index in [-0.39, 0.29) is 5.92 Å². The summed E-state index contributed by atoms with van der Waals surface area (Å²) in [6, 6.07) is 3.76. The van der Waals surface area contributed by atoms with Gasteiger partial charge >= 0.3 is 0 Å². The molecule has 0 heterocycles. The average Bonchev–Trinajstić information content (AvgIpc) is 2.36. The van der Waals surface area contributed by atoms with E-state index in [1.54, 1.807) is 21.3 Å². The second-order valence-corrected chi connectivity index (χ2v) is 3.66. The van der Waals surface area contributed by atoms with Crippen LogP contribution in [0.4, 0.5) is 0 Å². The maximum absolute atomic E-state index is 5.38. The summed E-state index contributed by atoms with van der Waals surface area (Å²) in [5.74, 6) is 7.06. The Bertz CT molecular complexity index is 368. The van der Waals surface area contributed by atoms with Gasteiger partial charge < -0.3 is 19.0 Å². The van der Waals surface area contributed by atoms with Gasteiger partial charge in [0.05, 0.1) is 27.9 Å². The van der Waals surface area contributed by atoms with Crippen molar-refractivity contribution < 1.29 is 19.0 Å². The Morgan fingerprint density at radius 2 is 1.71 bits per heavy atom. The predicted molar refractivity (Wildman–Crippen MR) is 64.7 cm³/mol. The SMILES string of the molecule is COc1ccc(C(C)CON)c(OC)c1OC. The monoisotopic (exact) mass is 241 g/mol. The van der Waals surface area contributed by atoms with Crippen molar-refractivity contribution in [2.45, 2.75) is 12.8 Å². The van der Waals surface area contributed by atoms with Crippen LogP contribution in [0.25, 0.3) is 0 Å². The van der Waals surface area contributed by atoms with Gasteiger partial charge in [-0.15, -0.1) is 0 Å². The minimum Gasteiger partial charge on any atom is -0.493 e. The molecule has 0 amide bonds. The van der Waals surface area contributed by atoms with Gasteiger partial charge in [-0.05, 0) is 6.07 Å². The van der Waals surface area contributed by atoms with Crippen LogP contribution in [0.3, 0.4) is 0 Å². The summed E-state index contributed by atoms with van der Waals surface area (Å²) in [4.78, 5) is 4.66. The molecule has 0 spiro atoms. The van der Waals surface area contributed by atoms with Gasteiger partial charge in [-0.3, -0.25) is 0 Å². The molecule has 0 aliphatic rings. The van der Waals surface area contributed by atoms with Crippen LogP contribution < -0.4 is 20.1 Å². The number of hydrogen-bond acceptors (Lipinski definition) is 5. The largest absolute Gasteiger partial charge is 0.493 e. The molecular formula is C12H19NO4. The first-order valence-electron chi connectivity index (χ1n) is 5.30. The molecule has 0 saturated carbocycles. The van der Waals surface area contributed by atoms with Crippen LogP contribution in [0.1, 0.15) is 18.4 Å².